The van der Waals surface area contributed by atoms with E-state index in [1.165, 1.54) is 30.6 Å². The highest BCUT2D eigenvalue weighted by atomic mass is 35.5. The zero-order valence-corrected chi connectivity index (χ0v) is 23.7. The molecule has 0 radical (unpaired) electrons. The molecule has 0 saturated carbocycles. The molecule has 0 unspecified atom stereocenters. The van der Waals surface area contributed by atoms with Crippen LogP contribution < -0.4 is 16.6 Å². The van der Waals surface area contributed by atoms with Gasteiger partial charge in [0, 0.05) is 56.6 Å². The summed E-state index contributed by atoms with van der Waals surface area (Å²) in [6.45, 7) is 4.60. The Kier molecular flexibility index (Phi) is 11.9. The molecule has 1 fully saturated rings. The van der Waals surface area contributed by atoms with Gasteiger partial charge in [-0.05, 0) is 51.4 Å². The lowest BCUT2D eigenvalue weighted by atomic mass is 10.1. The standard InChI is InChI=1S/C27H31FN4O4.CH3Cl.H3N/c1-4-36-27(35)23-24(21-7-5-6-8-22(21)32(26(23)34)18-13-29(2)3)30-14-16-31(17-15-30)25(33)19-9-11-20(28)12-10-19;1-2;/h5-12H,4,13-18H2,1-3H3;1H3;1H3. The summed E-state index contributed by atoms with van der Waals surface area (Å²) in [7, 11) is 3.86. The Morgan fingerprint density at radius 1 is 1.00 bits per heavy atom. The van der Waals surface area contributed by atoms with Crippen LogP contribution >= 0.6 is 11.6 Å². The number of para-hydroxylation sites is 1. The number of nitrogens with zero attached hydrogens (tertiary/aromatic N) is 4. The molecule has 2 aromatic carbocycles. The first-order valence-electron chi connectivity index (χ1n) is 12.5. The predicted octanol–water partition coefficient (Wildman–Crippen LogP) is 3.86. The number of carbonyl (C=O) groups excluding carboxylic acids is 2. The van der Waals surface area contributed by atoms with Crippen molar-refractivity contribution in [1.29, 1.82) is 0 Å². The second kappa shape index (κ2) is 14.6. The van der Waals surface area contributed by atoms with Crippen molar-refractivity contribution in [3.63, 3.8) is 0 Å². The number of hydrogen-bond donors (Lipinski definition) is 1. The molecule has 1 amide bonds. The van der Waals surface area contributed by atoms with Gasteiger partial charge in [0.25, 0.3) is 11.5 Å². The average Bonchev–Trinajstić information content (AvgIpc) is 2.93. The molecule has 9 nitrogen and oxygen atoms in total. The molecule has 3 N–H and O–H groups in total. The minimum atomic E-state index is -0.647. The lowest BCUT2D eigenvalue weighted by Gasteiger charge is -2.37. The summed E-state index contributed by atoms with van der Waals surface area (Å²) in [5.41, 5.74) is 1.36. The van der Waals surface area contributed by atoms with Crippen LogP contribution in [-0.2, 0) is 11.3 Å². The number of pyridine rings is 1. The Morgan fingerprint density at radius 3 is 2.21 bits per heavy atom. The van der Waals surface area contributed by atoms with E-state index in [0.29, 0.717) is 50.5 Å². The number of likely N-dealkylation sites (N-methyl/N-ethyl adjacent to an activating group) is 1. The number of aromatic nitrogens is 1. The minimum Gasteiger partial charge on any atom is -0.462 e. The maximum absolute atomic E-state index is 13.7. The molecule has 1 aliphatic rings. The van der Waals surface area contributed by atoms with Gasteiger partial charge in [0.1, 0.15) is 11.4 Å². The summed E-state index contributed by atoms with van der Waals surface area (Å²) in [5.74, 6) is -1.22. The summed E-state index contributed by atoms with van der Waals surface area (Å²) < 4.78 is 20.2. The minimum absolute atomic E-state index is 0. The molecule has 1 saturated heterocycles. The Bertz CT molecular complexity index is 1320. The number of piperazine rings is 1. The van der Waals surface area contributed by atoms with E-state index in [2.05, 4.69) is 11.6 Å². The molecule has 11 heteroatoms. The van der Waals surface area contributed by atoms with Gasteiger partial charge in [0.15, 0.2) is 0 Å². The van der Waals surface area contributed by atoms with Gasteiger partial charge in [0.2, 0.25) is 0 Å². The normalized spacial score (nSPS) is 13.0. The number of ether oxygens (including phenoxy) is 1. The molecule has 39 heavy (non-hydrogen) atoms. The quantitative estimate of drug-likeness (QED) is 0.344. The van der Waals surface area contributed by atoms with E-state index in [0.717, 1.165) is 10.9 Å². The highest BCUT2D eigenvalue weighted by molar-refractivity contribution is 6.15. The number of halogens is 2. The van der Waals surface area contributed by atoms with Gasteiger partial charge in [-0.3, -0.25) is 9.59 Å². The SMILES string of the molecule is CCOC(=O)c1c(N2CCN(C(=O)c3ccc(F)cc3)CC2)c2ccccc2n(CCN(C)C)c1=O.CCl.N. The summed E-state index contributed by atoms with van der Waals surface area (Å²) in [4.78, 5) is 45.3. The molecule has 4 rings (SSSR count). The van der Waals surface area contributed by atoms with E-state index in [4.69, 9.17) is 4.74 Å². The number of alkyl halides is 1. The maximum atomic E-state index is 13.7. The van der Waals surface area contributed by atoms with Gasteiger partial charge < -0.3 is 30.2 Å². The predicted molar refractivity (Wildman–Crippen MR) is 154 cm³/mol. The molecule has 0 atom stereocenters. The van der Waals surface area contributed by atoms with E-state index < -0.39 is 11.8 Å². The third-order valence-corrected chi connectivity index (χ3v) is 6.37. The van der Waals surface area contributed by atoms with Crippen molar-refractivity contribution in [3.8, 4) is 0 Å². The summed E-state index contributed by atoms with van der Waals surface area (Å²) in [6.07, 6.45) is 1.47. The van der Waals surface area contributed by atoms with Crippen LogP contribution in [0.25, 0.3) is 10.9 Å². The van der Waals surface area contributed by atoms with E-state index in [9.17, 15) is 18.8 Å². The van der Waals surface area contributed by atoms with Crippen molar-refractivity contribution in [3.05, 3.63) is 75.8 Å². The largest absolute Gasteiger partial charge is 0.462 e. The van der Waals surface area contributed by atoms with Gasteiger partial charge in [-0.2, -0.15) is 0 Å². The van der Waals surface area contributed by atoms with Crippen LogP contribution in [0.15, 0.2) is 53.3 Å². The zero-order chi connectivity index (χ0) is 27.8. The first kappa shape index (κ1) is 31.7. The number of esters is 1. The van der Waals surface area contributed by atoms with Crippen LogP contribution in [0, 0.1) is 5.82 Å². The average molecular weight is 562 g/mol. The number of anilines is 1. The molecule has 1 aromatic heterocycles. The number of benzene rings is 2. The second-order valence-electron chi connectivity index (χ2n) is 9.01. The molecule has 0 spiro atoms. The fraction of sp³-hybridized carbons (Fsp3) is 0.393. The highest BCUT2D eigenvalue weighted by Gasteiger charge is 2.30. The second-order valence-corrected chi connectivity index (χ2v) is 9.01. The van der Waals surface area contributed by atoms with Crippen LogP contribution in [0.2, 0.25) is 0 Å². The number of fused-ring (bicyclic) bond motifs is 1. The summed E-state index contributed by atoms with van der Waals surface area (Å²) in [6, 6.07) is 13.1. The smallest absolute Gasteiger partial charge is 0.345 e. The van der Waals surface area contributed by atoms with E-state index in [-0.39, 0.29) is 29.8 Å². The van der Waals surface area contributed by atoms with Crippen molar-refractivity contribution >= 4 is 40.1 Å². The van der Waals surface area contributed by atoms with Crippen molar-refractivity contribution in [2.75, 3.05) is 64.7 Å². The van der Waals surface area contributed by atoms with E-state index in [1.54, 1.807) is 16.4 Å². The molecule has 212 valence electrons. The topological polar surface area (TPSA) is 110 Å². The van der Waals surface area contributed by atoms with E-state index >= 15 is 0 Å². The molecule has 0 bridgehead atoms. The van der Waals surface area contributed by atoms with Gasteiger partial charge in [-0.1, -0.05) is 18.2 Å². The summed E-state index contributed by atoms with van der Waals surface area (Å²) >= 11 is 4.64. The van der Waals surface area contributed by atoms with Crippen molar-refractivity contribution in [1.82, 2.24) is 20.5 Å². The Labute approximate surface area is 233 Å². The Morgan fingerprint density at radius 2 is 1.62 bits per heavy atom. The van der Waals surface area contributed by atoms with Crippen LogP contribution in [-0.4, -0.2) is 86.1 Å². The first-order chi connectivity index (χ1) is 18.3. The zero-order valence-electron chi connectivity index (χ0n) is 23.0. The number of amides is 1. The molecule has 3 aromatic rings. The monoisotopic (exact) mass is 561 g/mol. The number of carbonyl (C=O) groups is 2. The molecule has 2 heterocycles. The Hall–Kier alpha value is -3.47. The van der Waals surface area contributed by atoms with Gasteiger partial charge >= 0.3 is 5.97 Å². The number of hydrogen-bond acceptors (Lipinski definition) is 7. The van der Waals surface area contributed by atoms with Gasteiger partial charge in [-0.15, -0.1) is 11.6 Å². The molecule has 0 aliphatic carbocycles. The lowest BCUT2D eigenvalue weighted by molar-refractivity contribution is 0.0523. The third-order valence-electron chi connectivity index (χ3n) is 6.37. The van der Waals surface area contributed by atoms with E-state index in [1.807, 2.05) is 48.2 Å². The van der Waals surface area contributed by atoms with Crippen LogP contribution in [0.3, 0.4) is 0 Å². The van der Waals surface area contributed by atoms with Crippen molar-refractivity contribution in [2.24, 2.45) is 0 Å². The first-order valence-corrected chi connectivity index (χ1v) is 13.2. The highest BCUT2D eigenvalue weighted by Crippen LogP contribution is 2.30. The number of rotatable bonds is 7. The van der Waals surface area contributed by atoms with Crippen molar-refractivity contribution < 1.29 is 18.7 Å². The van der Waals surface area contributed by atoms with Crippen LogP contribution in [0.1, 0.15) is 27.6 Å². The lowest BCUT2D eigenvalue weighted by Crippen LogP contribution is -2.49. The maximum Gasteiger partial charge on any atom is 0.345 e. The van der Waals surface area contributed by atoms with Gasteiger partial charge in [-0.25, -0.2) is 9.18 Å². The fourth-order valence-corrected chi connectivity index (χ4v) is 4.54. The molecular formula is C28H37ClFN5O4. The molecule has 1 aliphatic heterocycles. The van der Waals surface area contributed by atoms with Crippen LogP contribution in [0.5, 0.6) is 0 Å². The van der Waals surface area contributed by atoms with Crippen molar-refractivity contribution in [2.45, 2.75) is 13.5 Å². The fourth-order valence-electron chi connectivity index (χ4n) is 4.54. The Balaban J connectivity index is 0.00000174. The van der Waals surface area contributed by atoms with Crippen LogP contribution in [0.4, 0.5) is 10.1 Å². The summed E-state index contributed by atoms with van der Waals surface area (Å²) in [5, 5.41) is 0.789. The third kappa shape index (κ3) is 7.14. The van der Waals surface area contributed by atoms with Gasteiger partial charge in [0.05, 0.1) is 17.8 Å². The molecular weight excluding hydrogens is 525 g/mol.